The molecule has 13 heavy (non-hydrogen) atoms. The van der Waals surface area contributed by atoms with E-state index in [-0.39, 0.29) is 18.6 Å². The molecule has 0 aromatic carbocycles. The first-order valence-electron chi connectivity index (χ1n) is 4.18. The van der Waals surface area contributed by atoms with Crippen LogP contribution in [0, 0.1) is 5.92 Å². The predicted octanol–water partition coefficient (Wildman–Crippen LogP) is -0.388. The first-order chi connectivity index (χ1) is 6.09. The summed E-state index contributed by atoms with van der Waals surface area (Å²) in [6.07, 6.45) is 0.334. The fourth-order valence-electron chi connectivity index (χ4n) is 1.28. The van der Waals surface area contributed by atoms with Crippen LogP contribution < -0.4 is 5.32 Å². The van der Waals surface area contributed by atoms with Crippen LogP contribution in [0.1, 0.15) is 13.3 Å². The van der Waals surface area contributed by atoms with Crippen molar-refractivity contribution in [1.29, 1.82) is 0 Å². The molecule has 1 heterocycles. The molecule has 1 amide bonds. The minimum Gasteiger partial charge on any atom is -0.481 e. The summed E-state index contributed by atoms with van der Waals surface area (Å²) < 4.78 is 5.18. The van der Waals surface area contributed by atoms with E-state index < -0.39 is 11.9 Å². The molecule has 74 valence electrons. The molecule has 2 unspecified atom stereocenters. The summed E-state index contributed by atoms with van der Waals surface area (Å²) in [5.41, 5.74) is 0. The van der Waals surface area contributed by atoms with Gasteiger partial charge in [-0.25, -0.2) is 0 Å². The lowest BCUT2D eigenvalue weighted by Gasteiger charge is -2.08. The maximum atomic E-state index is 10.5. The summed E-state index contributed by atoms with van der Waals surface area (Å²) >= 11 is 0. The number of carbonyl (C=O) groups excluding carboxylic acids is 1. The summed E-state index contributed by atoms with van der Waals surface area (Å²) in [4.78, 5) is 21.1. The summed E-state index contributed by atoms with van der Waals surface area (Å²) in [6, 6.07) is 0. The van der Waals surface area contributed by atoms with Gasteiger partial charge in [0.25, 0.3) is 0 Å². The van der Waals surface area contributed by atoms with Gasteiger partial charge in [0.15, 0.2) is 0 Å². The van der Waals surface area contributed by atoms with E-state index in [0.717, 1.165) is 0 Å². The van der Waals surface area contributed by atoms with Crippen LogP contribution in [0.3, 0.4) is 0 Å². The monoisotopic (exact) mass is 187 g/mol. The zero-order chi connectivity index (χ0) is 9.84. The van der Waals surface area contributed by atoms with E-state index in [1.165, 1.54) is 6.92 Å². The molecule has 0 saturated carbocycles. The van der Waals surface area contributed by atoms with Crippen molar-refractivity contribution in [2.24, 2.45) is 5.92 Å². The van der Waals surface area contributed by atoms with Gasteiger partial charge in [0.05, 0.1) is 18.6 Å². The molecule has 1 aliphatic heterocycles. The Morgan fingerprint density at radius 1 is 1.62 bits per heavy atom. The van der Waals surface area contributed by atoms with Crippen molar-refractivity contribution in [3.63, 3.8) is 0 Å². The van der Waals surface area contributed by atoms with Crippen molar-refractivity contribution in [2.45, 2.75) is 19.4 Å². The van der Waals surface area contributed by atoms with E-state index in [0.29, 0.717) is 13.0 Å². The molecule has 1 rings (SSSR count). The Balaban J connectivity index is 2.25. The van der Waals surface area contributed by atoms with E-state index in [1.54, 1.807) is 0 Å². The first kappa shape index (κ1) is 9.98. The van der Waals surface area contributed by atoms with Crippen molar-refractivity contribution in [2.75, 3.05) is 13.2 Å². The highest BCUT2D eigenvalue weighted by Crippen LogP contribution is 2.18. The molecule has 0 bridgehead atoms. The van der Waals surface area contributed by atoms with Crippen molar-refractivity contribution in [3.8, 4) is 0 Å². The van der Waals surface area contributed by atoms with Crippen molar-refractivity contribution >= 4 is 11.9 Å². The number of carbonyl (C=O) groups is 2. The summed E-state index contributed by atoms with van der Waals surface area (Å²) in [5.74, 6) is -1.37. The molecule has 5 nitrogen and oxygen atoms in total. The number of rotatable bonds is 3. The summed E-state index contributed by atoms with van der Waals surface area (Å²) in [7, 11) is 0. The van der Waals surface area contributed by atoms with Crippen LogP contribution in [0.5, 0.6) is 0 Å². The molecule has 1 aliphatic rings. The number of amides is 1. The summed E-state index contributed by atoms with van der Waals surface area (Å²) in [6.45, 7) is 2.07. The average Bonchev–Trinajstić information content (AvgIpc) is 2.48. The molecule has 0 spiro atoms. The lowest BCUT2D eigenvalue weighted by Crippen LogP contribution is -2.30. The van der Waals surface area contributed by atoms with Gasteiger partial charge in [-0.3, -0.25) is 9.59 Å². The second kappa shape index (κ2) is 4.23. The third kappa shape index (κ3) is 3.02. The van der Waals surface area contributed by atoms with Crippen LogP contribution in [0.2, 0.25) is 0 Å². The molecule has 0 aliphatic carbocycles. The van der Waals surface area contributed by atoms with Gasteiger partial charge in [-0.15, -0.1) is 0 Å². The molecule has 0 radical (unpaired) electrons. The number of ether oxygens (including phenoxy) is 1. The molecule has 0 aromatic heterocycles. The van der Waals surface area contributed by atoms with Gasteiger partial charge in [0.2, 0.25) is 5.91 Å². The maximum Gasteiger partial charge on any atom is 0.308 e. The third-order valence-corrected chi connectivity index (χ3v) is 2.01. The SMILES string of the molecule is CC(=O)NCC1CC(C(=O)O)CO1. The minimum atomic E-state index is -0.828. The second-order valence-corrected chi connectivity index (χ2v) is 3.16. The van der Waals surface area contributed by atoms with Gasteiger partial charge < -0.3 is 15.2 Å². The largest absolute Gasteiger partial charge is 0.481 e. The minimum absolute atomic E-state index is 0.123. The number of carboxylic acid groups (broad SMARTS) is 1. The van der Waals surface area contributed by atoms with Gasteiger partial charge in [-0.1, -0.05) is 0 Å². The Kier molecular flexibility index (Phi) is 3.25. The zero-order valence-corrected chi connectivity index (χ0v) is 7.45. The Bertz CT molecular complexity index is 216. The number of hydrogen-bond donors (Lipinski definition) is 2. The highest BCUT2D eigenvalue weighted by Gasteiger charge is 2.30. The highest BCUT2D eigenvalue weighted by atomic mass is 16.5. The number of hydrogen-bond acceptors (Lipinski definition) is 3. The predicted molar refractivity (Wildman–Crippen MR) is 44.2 cm³/mol. The van der Waals surface area contributed by atoms with Gasteiger partial charge in [0, 0.05) is 13.5 Å². The quantitative estimate of drug-likeness (QED) is 0.631. The molecule has 2 atom stereocenters. The van der Waals surface area contributed by atoms with E-state index in [9.17, 15) is 9.59 Å². The van der Waals surface area contributed by atoms with Crippen LogP contribution in [0.4, 0.5) is 0 Å². The Morgan fingerprint density at radius 3 is 2.77 bits per heavy atom. The van der Waals surface area contributed by atoms with Gasteiger partial charge in [0.1, 0.15) is 0 Å². The van der Waals surface area contributed by atoms with E-state index in [2.05, 4.69) is 5.32 Å². The van der Waals surface area contributed by atoms with Crippen LogP contribution in [0.25, 0.3) is 0 Å². The van der Waals surface area contributed by atoms with Crippen LogP contribution in [0.15, 0.2) is 0 Å². The Morgan fingerprint density at radius 2 is 2.31 bits per heavy atom. The van der Waals surface area contributed by atoms with Crippen molar-refractivity contribution in [3.05, 3.63) is 0 Å². The molecular weight excluding hydrogens is 174 g/mol. The zero-order valence-electron chi connectivity index (χ0n) is 7.45. The van der Waals surface area contributed by atoms with E-state index in [4.69, 9.17) is 9.84 Å². The van der Waals surface area contributed by atoms with Gasteiger partial charge in [-0.05, 0) is 6.42 Å². The number of carboxylic acids is 1. The van der Waals surface area contributed by atoms with Crippen LogP contribution >= 0.6 is 0 Å². The molecule has 1 fully saturated rings. The molecule has 1 saturated heterocycles. The summed E-state index contributed by atoms with van der Waals surface area (Å²) in [5, 5.41) is 11.2. The van der Waals surface area contributed by atoms with Crippen LogP contribution in [-0.2, 0) is 14.3 Å². The Labute approximate surface area is 76.1 Å². The van der Waals surface area contributed by atoms with Gasteiger partial charge >= 0.3 is 5.97 Å². The van der Waals surface area contributed by atoms with Gasteiger partial charge in [-0.2, -0.15) is 0 Å². The van der Waals surface area contributed by atoms with Crippen LogP contribution in [-0.4, -0.2) is 36.2 Å². The fraction of sp³-hybridized carbons (Fsp3) is 0.750. The third-order valence-electron chi connectivity index (χ3n) is 2.01. The standard InChI is InChI=1S/C8H13NO4/c1-5(10)9-3-7-2-6(4-13-7)8(11)12/h6-7H,2-4H2,1H3,(H,9,10)(H,11,12). The molecule has 5 heteroatoms. The van der Waals surface area contributed by atoms with Crippen molar-refractivity contribution < 1.29 is 19.4 Å². The maximum absolute atomic E-state index is 10.5. The topological polar surface area (TPSA) is 75.6 Å². The van der Waals surface area contributed by atoms with Crippen molar-refractivity contribution in [1.82, 2.24) is 5.32 Å². The molecular formula is C8H13NO4. The fourth-order valence-corrected chi connectivity index (χ4v) is 1.28. The average molecular weight is 187 g/mol. The Hall–Kier alpha value is -1.10. The first-order valence-corrected chi connectivity index (χ1v) is 4.18. The smallest absolute Gasteiger partial charge is 0.308 e. The van der Waals surface area contributed by atoms with E-state index in [1.807, 2.05) is 0 Å². The number of nitrogens with one attached hydrogen (secondary N) is 1. The molecule has 2 N–H and O–H groups in total. The second-order valence-electron chi connectivity index (χ2n) is 3.16. The highest BCUT2D eigenvalue weighted by molar-refractivity contribution is 5.73. The lowest BCUT2D eigenvalue weighted by molar-refractivity contribution is -0.141. The lowest BCUT2D eigenvalue weighted by atomic mass is 10.1. The van der Waals surface area contributed by atoms with E-state index >= 15 is 0 Å². The molecule has 0 aromatic rings. The normalized spacial score (nSPS) is 27.2. The number of aliphatic carboxylic acids is 1.